The fraction of sp³-hybridized carbons (Fsp3) is 0.185. The molecule has 2 aromatic carbocycles. The average molecular weight is 469 g/mol. The maximum atomic E-state index is 12.9. The second kappa shape index (κ2) is 8.81. The molecular weight excluding hydrogens is 444 g/mol. The summed E-state index contributed by atoms with van der Waals surface area (Å²) in [6.45, 7) is 1.49. The van der Waals surface area contributed by atoms with Crippen molar-refractivity contribution in [3.8, 4) is 0 Å². The first-order valence-electron chi connectivity index (χ1n) is 11.2. The molecule has 0 saturated carbocycles. The number of benzene rings is 2. The quantitative estimate of drug-likeness (QED) is 0.495. The second-order valence-corrected chi connectivity index (χ2v) is 8.78. The topological polar surface area (TPSA) is 97.4 Å². The summed E-state index contributed by atoms with van der Waals surface area (Å²) in [6.07, 6.45) is 3.23. The lowest BCUT2D eigenvalue weighted by Crippen LogP contribution is -2.38. The van der Waals surface area contributed by atoms with Crippen molar-refractivity contribution in [2.24, 2.45) is 14.1 Å². The molecule has 35 heavy (non-hydrogen) atoms. The lowest BCUT2D eigenvalue weighted by molar-refractivity contribution is 0.0696. The summed E-state index contributed by atoms with van der Waals surface area (Å²) in [5, 5.41) is 10.8. The van der Waals surface area contributed by atoms with Crippen LogP contribution in [0.1, 0.15) is 32.7 Å². The summed E-state index contributed by atoms with van der Waals surface area (Å²) >= 11 is 0. The minimum absolute atomic E-state index is 0.225. The molecule has 1 aliphatic heterocycles. The van der Waals surface area contributed by atoms with Crippen molar-refractivity contribution < 1.29 is 9.90 Å². The van der Waals surface area contributed by atoms with Crippen molar-refractivity contribution in [2.45, 2.75) is 13.1 Å². The average Bonchev–Trinajstić information content (AvgIpc) is 2.85. The number of aromatic nitrogens is 3. The van der Waals surface area contributed by atoms with Crippen LogP contribution < -0.4 is 11.2 Å². The largest absolute Gasteiger partial charge is 0.478 e. The molecule has 0 radical (unpaired) electrons. The molecule has 8 nitrogen and oxygen atoms in total. The molecule has 176 valence electrons. The van der Waals surface area contributed by atoms with Crippen LogP contribution in [-0.4, -0.2) is 36.6 Å². The van der Waals surface area contributed by atoms with E-state index < -0.39 is 17.2 Å². The second-order valence-electron chi connectivity index (χ2n) is 8.78. The number of hydrogen-bond acceptors (Lipinski definition) is 5. The van der Waals surface area contributed by atoms with Crippen LogP contribution in [-0.2, 0) is 27.2 Å². The summed E-state index contributed by atoms with van der Waals surface area (Å²) in [5.74, 6) is -1.02. The van der Waals surface area contributed by atoms with E-state index in [1.54, 1.807) is 31.3 Å². The molecule has 0 unspecified atom stereocenters. The van der Waals surface area contributed by atoms with Gasteiger partial charge in [0.2, 0.25) is 0 Å². The third-order valence-corrected chi connectivity index (χ3v) is 6.34. The Morgan fingerprint density at radius 1 is 1.03 bits per heavy atom. The molecule has 0 aliphatic carbocycles. The highest BCUT2D eigenvalue weighted by atomic mass is 16.4. The minimum atomic E-state index is -1.02. The normalized spacial score (nSPS) is 14.9. The van der Waals surface area contributed by atoms with Gasteiger partial charge in [-0.1, -0.05) is 48.5 Å². The first kappa shape index (κ1) is 22.5. The van der Waals surface area contributed by atoms with Crippen LogP contribution in [0.3, 0.4) is 0 Å². The predicted octanol–water partition coefficient (Wildman–Crippen LogP) is 2.89. The molecule has 3 heterocycles. The molecule has 0 amide bonds. The molecule has 0 spiro atoms. The maximum absolute atomic E-state index is 12.9. The molecule has 0 bridgehead atoms. The summed E-state index contributed by atoms with van der Waals surface area (Å²) in [4.78, 5) is 44.4. The highest BCUT2D eigenvalue weighted by molar-refractivity contribution is 6.06. The highest BCUT2D eigenvalue weighted by Gasteiger charge is 2.29. The summed E-state index contributed by atoms with van der Waals surface area (Å²) in [5.41, 5.74) is 3.33. The number of aromatic carboxylic acids is 1. The van der Waals surface area contributed by atoms with Gasteiger partial charge in [-0.25, -0.2) is 14.6 Å². The SMILES string of the molecule is Cn1cc(/C=C2/CN(Cc3ccccc3)Cc3c2nc2ccccc2c3C(=O)O)c(=O)n(C)c1=O. The van der Waals surface area contributed by atoms with Gasteiger partial charge < -0.3 is 9.67 Å². The Labute approximate surface area is 201 Å². The summed E-state index contributed by atoms with van der Waals surface area (Å²) in [6, 6.07) is 17.1. The van der Waals surface area contributed by atoms with Crippen LogP contribution in [0.4, 0.5) is 0 Å². The number of hydrogen-bond donors (Lipinski definition) is 1. The monoisotopic (exact) mass is 468 g/mol. The van der Waals surface area contributed by atoms with E-state index in [1.807, 2.05) is 36.4 Å². The number of fused-ring (bicyclic) bond motifs is 2. The summed E-state index contributed by atoms with van der Waals surface area (Å²) < 4.78 is 2.42. The van der Waals surface area contributed by atoms with Crippen molar-refractivity contribution in [3.63, 3.8) is 0 Å². The van der Waals surface area contributed by atoms with Gasteiger partial charge in [0.15, 0.2) is 0 Å². The molecule has 5 rings (SSSR count). The Kier molecular flexibility index (Phi) is 5.66. The van der Waals surface area contributed by atoms with E-state index in [-0.39, 0.29) is 5.56 Å². The lowest BCUT2D eigenvalue weighted by atomic mass is 9.92. The lowest BCUT2D eigenvalue weighted by Gasteiger charge is -2.31. The van der Waals surface area contributed by atoms with Gasteiger partial charge in [-0.2, -0.15) is 0 Å². The van der Waals surface area contributed by atoms with Crippen molar-refractivity contribution in [1.29, 1.82) is 0 Å². The summed E-state index contributed by atoms with van der Waals surface area (Å²) in [7, 11) is 3.03. The predicted molar refractivity (Wildman–Crippen MR) is 134 cm³/mol. The smallest absolute Gasteiger partial charge is 0.336 e. The van der Waals surface area contributed by atoms with Crippen molar-refractivity contribution >= 4 is 28.5 Å². The number of para-hydroxylation sites is 1. The van der Waals surface area contributed by atoms with E-state index in [2.05, 4.69) is 4.90 Å². The van der Waals surface area contributed by atoms with E-state index in [0.717, 1.165) is 15.7 Å². The van der Waals surface area contributed by atoms with Crippen LogP contribution in [0.15, 0.2) is 70.4 Å². The van der Waals surface area contributed by atoms with Gasteiger partial charge in [0.25, 0.3) is 5.56 Å². The molecule has 1 aliphatic rings. The van der Waals surface area contributed by atoms with Gasteiger partial charge in [0, 0.05) is 50.9 Å². The van der Waals surface area contributed by atoms with E-state index >= 15 is 0 Å². The maximum Gasteiger partial charge on any atom is 0.336 e. The number of nitrogens with zero attached hydrogens (tertiary/aromatic N) is 4. The van der Waals surface area contributed by atoms with Crippen molar-refractivity contribution in [3.05, 3.63) is 110 Å². The van der Waals surface area contributed by atoms with E-state index in [0.29, 0.717) is 47.4 Å². The Balaban J connectivity index is 1.74. The van der Waals surface area contributed by atoms with E-state index in [1.165, 1.54) is 17.8 Å². The fourth-order valence-electron chi connectivity index (χ4n) is 4.70. The number of carboxylic acids is 1. The minimum Gasteiger partial charge on any atom is -0.478 e. The molecule has 8 heteroatoms. The Bertz CT molecular complexity index is 1620. The molecule has 0 fully saturated rings. The van der Waals surface area contributed by atoms with Gasteiger partial charge >= 0.3 is 11.7 Å². The standard InChI is InChI=1S/C27H24N4O4/c1-29-14-19(25(32)30(2)27(29)35)12-18-15-31(13-17-8-4-3-5-9-17)16-21-23(26(33)34)20-10-6-7-11-22(20)28-24(18)21/h3-12,14H,13,15-16H2,1-2H3,(H,33,34)/b18-12-. The molecule has 2 aromatic heterocycles. The fourth-order valence-corrected chi connectivity index (χ4v) is 4.70. The molecule has 1 N–H and O–H groups in total. The number of pyridine rings is 1. The number of rotatable bonds is 4. The van der Waals surface area contributed by atoms with Crippen LogP contribution >= 0.6 is 0 Å². The van der Waals surface area contributed by atoms with Crippen molar-refractivity contribution in [2.75, 3.05) is 6.54 Å². The Morgan fingerprint density at radius 2 is 1.74 bits per heavy atom. The van der Waals surface area contributed by atoms with Crippen LogP contribution in [0.2, 0.25) is 0 Å². The van der Waals surface area contributed by atoms with Crippen LogP contribution in [0.5, 0.6) is 0 Å². The van der Waals surface area contributed by atoms with Gasteiger partial charge in [-0.15, -0.1) is 0 Å². The van der Waals surface area contributed by atoms with Gasteiger partial charge in [0.05, 0.1) is 22.3 Å². The zero-order valence-electron chi connectivity index (χ0n) is 19.4. The van der Waals surface area contributed by atoms with E-state index in [9.17, 15) is 19.5 Å². The molecule has 4 aromatic rings. The number of aryl methyl sites for hydroxylation is 1. The van der Waals surface area contributed by atoms with Gasteiger partial charge in [-0.05, 0) is 23.3 Å². The van der Waals surface area contributed by atoms with Gasteiger partial charge in [0.1, 0.15) is 0 Å². The van der Waals surface area contributed by atoms with Crippen LogP contribution in [0.25, 0.3) is 22.6 Å². The zero-order valence-corrected chi connectivity index (χ0v) is 19.4. The number of carbonyl (C=O) groups is 1. The third kappa shape index (κ3) is 4.08. The van der Waals surface area contributed by atoms with Crippen LogP contribution in [0, 0.1) is 0 Å². The molecule has 0 saturated heterocycles. The van der Waals surface area contributed by atoms with E-state index in [4.69, 9.17) is 4.98 Å². The molecular formula is C27H24N4O4. The Morgan fingerprint density at radius 3 is 2.49 bits per heavy atom. The molecule has 0 atom stereocenters. The van der Waals surface area contributed by atoms with Gasteiger partial charge in [-0.3, -0.25) is 14.3 Å². The zero-order chi connectivity index (χ0) is 24.7. The third-order valence-electron chi connectivity index (χ3n) is 6.34. The Hall–Kier alpha value is -4.30. The highest BCUT2D eigenvalue weighted by Crippen LogP contribution is 2.34. The number of carboxylic acid groups (broad SMARTS) is 1. The van der Waals surface area contributed by atoms with Crippen molar-refractivity contribution in [1.82, 2.24) is 19.0 Å². The first-order valence-corrected chi connectivity index (χ1v) is 11.2. The first-order chi connectivity index (χ1) is 16.8.